The number of rotatable bonds is 2. The van der Waals surface area contributed by atoms with Gasteiger partial charge >= 0.3 is 0 Å². The van der Waals surface area contributed by atoms with Crippen molar-refractivity contribution >= 4 is 5.88 Å². The Morgan fingerprint density at radius 2 is 2.12 bits per heavy atom. The molecule has 0 aliphatic heterocycles. The van der Waals surface area contributed by atoms with E-state index in [1.165, 1.54) is 17.4 Å². The Hall–Kier alpha value is -1.90. The van der Waals surface area contributed by atoms with Gasteiger partial charge in [0.15, 0.2) is 5.75 Å². The zero-order valence-corrected chi connectivity index (χ0v) is 9.45. The summed E-state index contributed by atoms with van der Waals surface area (Å²) in [4.78, 5) is 0. The third-order valence-corrected chi connectivity index (χ3v) is 2.81. The Bertz CT molecular complexity index is 495. The Labute approximate surface area is 94.5 Å². The monoisotopic (exact) mass is 217 g/mol. The van der Waals surface area contributed by atoms with Gasteiger partial charge in [0.1, 0.15) is 6.26 Å². The first kappa shape index (κ1) is 10.6. The van der Waals surface area contributed by atoms with Gasteiger partial charge in [0.2, 0.25) is 5.88 Å². The van der Waals surface area contributed by atoms with E-state index in [-0.39, 0.29) is 11.6 Å². The van der Waals surface area contributed by atoms with Crippen molar-refractivity contribution in [3.05, 3.63) is 35.6 Å². The third kappa shape index (κ3) is 1.65. The average molecular weight is 217 g/mol. The highest BCUT2D eigenvalue weighted by Gasteiger charge is 2.13. The van der Waals surface area contributed by atoms with Gasteiger partial charge in [0.05, 0.1) is 5.56 Å². The molecule has 2 aromatic rings. The number of aryl methyl sites for hydroxylation is 2. The molecule has 3 heteroatoms. The van der Waals surface area contributed by atoms with Crippen molar-refractivity contribution in [3.63, 3.8) is 0 Å². The summed E-state index contributed by atoms with van der Waals surface area (Å²) in [5.41, 5.74) is 9.62. The lowest BCUT2D eigenvalue weighted by atomic mass is 9.99. The van der Waals surface area contributed by atoms with Crippen LogP contribution in [0.15, 0.2) is 28.9 Å². The van der Waals surface area contributed by atoms with Crippen LogP contribution >= 0.6 is 0 Å². The fourth-order valence-corrected chi connectivity index (χ4v) is 1.90. The van der Waals surface area contributed by atoms with Crippen molar-refractivity contribution < 1.29 is 9.52 Å². The molecule has 16 heavy (non-hydrogen) atoms. The maximum atomic E-state index is 9.63. The van der Waals surface area contributed by atoms with Gasteiger partial charge in [0, 0.05) is 0 Å². The maximum Gasteiger partial charge on any atom is 0.201 e. The summed E-state index contributed by atoms with van der Waals surface area (Å²) in [5, 5.41) is 9.63. The summed E-state index contributed by atoms with van der Waals surface area (Å²) in [5.74, 6) is 0.335. The number of benzene rings is 1. The van der Waals surface area contributed by atoms with Crippen LogP contribution in [0.25, 0.3) is 11.1 Å². The molecule has 0 bridgehead atoms. The quantitative estimate of drug-likeness (QED) is 0.812. The van der Waals surface area contributed by atoms with Crippen LogP contribution in [0.3, 0.4) is 0 Å². The molecule has 3 N–H and O–H groups in total. The third-order valence-electron chi connectivity index (χ3n) is 2.81. The normalized spacial score (nSPS) is 10.6. The van der Waals surface area contributed by atoms with Crippen LogP contribution in [0.2, 0.25) is 0 Å². The Morgan fingerprint density at radius 3 is 2.62 bits per heavy atom. The van der Waals surface area contributed by atoms with Gasteiger partial charge in [-0.2, -0.15) is 0 Å². The number of aromatic hydroxyl groups is 1. The fourth-order valence-electron chi connectivity index (χ4n) is 1.90. The molecule has 1 heterocycles. The number of furan rings is 1. The first-order valence-corrected chi connectivity index (χ1v) is 5.29. The van der Waals surface area contributed by atoms with E-state index < -0.39 is 0 Å². The molecule has 0 radical (unpaired) electrons. The van der Waals surface area contributed by atoms with Crippen LogP contribution in [0, 0.1) is 6.92 Å². The Balaban J connectivity index is 2.53. The van der Waals surface area contributed by atoms with Crippen LogP contribution < -0.4 is 5.73 Å². The highest BCUT2D eigenvalue weighted by atomic mass is 16.4. The minimum atomic E-state index is 0.0844. The van der Waals surface area contributed by atoms with Crippen LogP contribution in [-0.2, 0) is 6.42 Å². The lowest BCUT2D eigenvalue weighted by Gasteiger charge is -2.06. The lowest BCUT2D eigenvalue weighted by Crippen LogP contribution is -1.89. The molecule has 84 valence electrons. The van der Waals surface area contributed by atoms with E-state index in [4.69, 9.17) is 10.2 Å². The van der Waals surface area contributed by atoms with E-state index in [9.17, 15) is 5.11 Å². The summed E-state index contributed by atoms with van der Waals surface area (Å²) in [6.07, 6.45) is 2.26. The summed E-state index contributed by atoms with van der Waals surface area (Å²) >= 11 is 0. The van der Waals surface area contributed by atoms with Gasteiger partial charge in [0.25, 0.3) is 0 Å². The van der Waals surface area contributed by atoms with Gasteiger partial charge in [-0.15, -0.1) is 0 Å². The topological polar surface area (TPSA) is 59.4 Å². The second-order valence-corrected chi connectivity index (χ2v) is 3.86. The second-order valence-electron chi connectivity index (χ2n) is 3.86. The molecule has 0 spiro atoms. The zero-order chi connectivity index (χ0) is 11.7. The summed E-state index contributed by atoms with van der Waals surface area (Å²) < 4.78 is 4.97. The van der Waals surface area contributed by atoms with E-state index in [0.29, 0.717) is 5.56 Å². The SMILES string of the molecule is CCc1ccc(-c2c(O)coc2N)cc1C. The largest absolute Gasteiger partial charge is 0.504 e. The van der Waals surface area contributed by atoms with Crippen LogP contribution in [-0.4, -0.2) is 5.11 Å². The molecule has 3 nitrogen and oxygen atoms in total. The number of anilines is 1. The molecule has 2 rings (SSSR count). The van der Waals surface area contributed by atoms with Crippen molar-refractivity contribution in [3.8, 4) is 16.9 Å². The van der Waals surface area contributed by atoms with E-state index in [1.807, 2.05) is 12.1 Å². The number of hydrogen-bond acceptors (Lipinski definition) is 3. The molecule has 0 aliphatic carbocycles. The van der Waals surface area contributed by atoms with Crippen molar-refractivity contribution in [2.75, 3.05) is 5.73 Å². The van der Waals surface area contributed by atoms with E-state index in [2.05, 4.69) is 19.9 Å². The molecule has 0 fully saturated rings. The second kappa shape index (κ2) is 3.93. The van der Waals surface area contributed by atoms with Gasteiger partial charge in [-0.25, -0.2) is 0 Å². The molecule has 0 amide bonds. The van der Waals surface area contributed by atoms with Gasteiger partial charge in [-0.3, -0.25) is 0 Å². The van der Waals surface area contributed by atoms with E-state index in [0.717, 1.165) is 12.0 Å². The maximum absolute atomic E-state index is 9.63. The van der Waals surface area contributed by atoms with Crippen LogP contribution in [0.1, 0.15) is 18.1 Å². The van der Waals surface area contributed by atoms with Crippen LogP contribution in [0.4, 0.5) is 5.88 Å². The van der Waals surface area contributed by atoms with E-state index in [1.54, 1.807) is 0 Å². The van der Waals surface area contributed by atoms with E-state index >= 15 is 0 Å². The van der Waals surface area contributed by atoms with Gasteiger partial charge in [-0.1, -0.05) is 25.1 Å². The van der Waals surface area contributed by atoms with Gasteiger partial charge in [-0.05, 0) is 30.0 Å². The molecule has 0 unspecified atom stereocenters. The standard InChI is InChI=1S/C13H15NO2/c1-3-9-4-5-10(6-8(9)2)12-11(15)7-16-13(12)14/h4-7,15H,3,14H2,1-2H3. The lowest BCUT2D eigenvalue weighted by molar-refractivity contribution is 0.461. The minimum absolute atomic E-state index is 0.0844. The number of nitrogen functional groups attached to an aromatic ring is 1. The summed E-state index contributed by atoms with van der Waals surface area (Å²) in [6.45, 7) is 4.17. The molecular formula is C13H15NO2. The molecule has 1 aromatic carbocycles. The highest BCUT2D eigenvalue weighted by molar-refractivity contribution is 5.79. The molecule has 0 aliphatic rings. The first-order chi connectivity index (χ1) is 7.63. The Morgan fingerprint density at radius 1 is 1.38 bits per heavy atom. The minimum Gasteiger partial charge on any atom is -0.504 e. The fraction of sp³-hybridized carbons (Fsp3) is 0.231. The van der Waals surface area contributed by atoms with Crippen molar-refractivity contribution in [2.45, 2.75) is 20.3 Å². The molecular weight excluding hydrogens is 202 g/mol. The predicted octanol–water partition coefficient (Wildman–Crippen LogP) is 3.11. The summed E-state index contributed by atoms with van der Waals surface area (Å²) in [6, 6.07) is 6.02. The van der Waals surface area contributed by atoms with Crippen molar-refractivity contribution in [2.24, 2.45) is 0 Å². The average Bonchev–Trinajstić information content (AvgIpc) is 2.58. The number of nitrogens with two attached hydrogens (primary N) is 1. The van der Waals surface area contributed by atoms with Crippen LogP contribution in [0.5, 0.6) is 5.75 Å². The van der Waals surface area contributed by atoms with Crippen molar-refractivity contribution in [1.82, 2.24) is 0 Å². The highest BCUT2D eigenvalue weighted by Crippen LogP contribution is 2.36. The molecule has 0 saturated carbocycles. The molecule has 1 aromatic heterocycles. The predicted molar refractivity (Wildman–Crippen MR) is 64.3 cm³/mol. The smallest absolute Gasteiger partial charge is 0.201 e. The van der Waals surface area contributed by atoms with Gasteiger partial charge < -0.3 is 15.3 Å². The first-order valence-electron chi connectivity index (χ1n) is 5.29. The molecule has 0 saturated heterocycles. The molecule has 0 atom stereocenters. The Kier molecular flexibility index (Phi) is 2.60. The zero-order valence-electron chi connectivity index (χ0n) is 9.45. The summed E-state index contributed by atoms with van der Waals surface area (Å²) in [7, 11) is 0. The van der Waals surface area contributed by atoms with Crippen molar-refractivity contribution in [1.29, 1.82) is 0 Å². The number of hydrogen-bond donors (Lipinski definition) is 2.